The van der Waals surface area contributed by atoms with Gasteiger partial charge in [0.2, 0.25) is 5.91 Å². The Balaban J connectivity index is 1.61. The summed E-state index contributed by atoms with van der Waals surface area (Å²) in [7, 11) is 0. The highest BCUT2D eigenvalue weighted by Gasteiger charge is 2.28. The second kappa shape index (κ2) is 6.48. The molecule has 2 heterocycles. The second-order valence-electron chi connectivity index (χ2n) is 6.22. The summed E-state index contributed by atoms with van der Waals surface area (Å²) in [6.45, 7) is 4.60. The highest BCUT2D eigenvalue weighted by atomic mass is 32.2. The van der Waals surface area contributed by atoms with Crippen molar-refractivity contribution in [2.45, 2.75) is 30.5 Å². The molecule has 0 N–H and O–H groups in total. The van der Waals surface area contributed by atoms with Crippen molar-refractivity contribution >= 4 is 34.3 Å². The van der Waals surface area contributed by atoms with Gasteiger partial charge in [-0.1, -0.05) is 48.2 Å². The summed E-state index contributed by atoms with van der Waals surface area (Å²) in [5, 5.41) is 1.67. The number of para-hydroxylation sites is 2. The van der Waals surface area contributed by atoms with Gasteiger partial charge in [0, 0.05) is 17.6 Å². The van der Waals surface area contributed by atoms with Crippen molar-refractivity contribution in [1.29, 1.82) is 0 Å². The number of aromatic nitrogens is 2. The van der Waals surface area contributed by atoms with Gasteiger partial charge in [0.05, 0.1) is 10.8 Å². The number of hydrogen-bond acceptors (Lipinski definition) is 4. The number of carbonyl (C=O) groups excluding carboxylic acids is 1. The quantitative estimate of drug-likeness (QED) is 0.529. The lowest BCUT2D eigenvalue weighted by molar-refractivity contribution is -0.117. The Morgan fingerprint density at radius 2 is 1.88 bits per heavy atom. The molecule has 0 radical (unpaired) electrons. The van der Waals surface area contributed by atoms with E-state index >= 15 is 0 Å². The average molecular weight is 349 g/mol. The zero-order chi connectivity index (χ0) is 17.4. The van der Waals surface area contributed by atoms with Gasteiger partial charge in [-0.3, -0.25) is 4.79 Å². The molecular formula is C20H19N3OS. The number of thioether (sulfide) groups is 1. The SMILES string of the molecule is Cc1nc(S[C@H](C)C(=O)N2CCc3ccccc32)c2ccccc2n1. The van der Waals surface area contributed by atoms with Crippen LogP contribution in [-0.2, 0) is 11.2 Å². The molecule has 1 atom stereocenters. The number of amides is 1. The second-order valence-corrected chi connectivity index (χ2v) is 7.55. The number of carbonyl (C=O) groups is 1. The zero-order valence-electron chi connectivity index (χ0n) is 14.3. The maximum Gasteiger partial charge on any atom is 0.240 e. The molecule has 0 unspecified atom stereocenters. The molecule has 0 saturated heterocycles. The van der Waals surface area contributed by atoms with Gasteiger partial charge in [-0.2, -0.15) is 0 Å². The van der Waals surface area contributed by atoms with Gasteiger partial charge in [-0.05, 0) is 38.0 Å². The number of fused-ring (bicyclic) bond motifs is 2. The van der Waals surface area contributed by atoms with Crippen molar-refractivity contribution in [3.05, 3.63) is 59.9 Å². The van der Waals surface area contributed by atoms with E-state index in [2.05, 4.69) is 16.0 Å². The predicted octanol–water partition coefficient (Wildman–Crippen LogP) is 4.01. The molecule has 1 amide bonds. The summed E-state index contributed by atoms with van der Waals surface area (Å²) in [4.78, 5) is 24.0. The van der Waals surface area contributed by atoms with Crippen molar-refractivity contribution in [2.24, 2.45) is 0 Å². The van der Waals surface area contributed by atoms with Crippen LogP contribution in [0, 0.1) is 6.92 Å². The van der Waals surface area contributed by atoms with E-state index in [1.165, 1.54) is 17.3 Å². The molecule has 3 aromatic rings. The Hall–Kier alpha value is -2.40. The molecule has 0 fully saturated rings. The van der Waals surface area contributed by atoms with Crippen molar-refractivity contribution in [2.75, 3.05) is 11.4 Å². The first kappa shape index (κ1) is 16.1. The molecule has 0 spiro atoms. The summed E-state index contributed by atoms with van der Waals surface area (Å²) in [5.74, 6) is 0.864. The van der Waals surface area contributed by atoms with E-state index in [4.69, 9.17) is 0 Å². The van der Waals surface area contributed by atoms with Crippen molar-refractivity contribution in [3.8, 4) is 0 Å². The number of aryl methyl sites for hydroxylation is 1. The monoisotopic (exact) mass is 349 g/mol. The number of hydrogen-bond donors (Lipinski definition) is 0. The number of rotatable bonds is 3. The average Bonchev–Trinajstić information content (AvgIpc) is 3.05. The molecule has 0 bridgehead atoms. The highest BCUT2D eigenvalue weighted by Crippen LogP contribution is 2.33. The van der Waals surface area contributed by atoms with Gasteiger partial charge >= 0.3 is 0 Å². The van der Waals surface area contributed by atoms with Crippen molar-refractivity contribution < 1.29 is 4.79 Å². The number of anilines is 1. The molecule has 4 rings (SSSR count). The van der Waals surface area contributed by atoms with Crippen LogP contribution in [0.25, 0.3) is 10.9 Å². The molecule has 2 aromatic carbocycles. The third-order valence-corrected chi connectivity index (χ3v) is 5.56. The van der Waals surface area contributed by atoms with Gasteiger partial charge in [0.1, 0.15) is 10.9 Å². The van der Waals surface area contributed by atoms with Crippen LogP contribution in [0.1, 0.15) is 18.3 Å². The Labute approximate surface area is 151 Å². The highest BCUT2D eigenvalue weighted by molar-refractivity contribution is 8.00. The van der Waals surface area contributed by atoms with Gasteiger partial charge in [-0.15, -0.1) is 0 Å². The lowest BCUT2D eigenvalue weighted by Gasteiger charge is -2.21. The minimum atomic E-state index is -0.205. The molecule has 0 saturated carbocycles. The predicted molar refractivity (Wildman–Crippen MR) is 102 cm³/mol. The van der Waals surface area contributed by atoms with E-state index in [0.717, 1.165) is 40.4 Å². The van der Waals surface area contributed by atoms with Crippen LogP contribution in [0.5, 0.6) is 0 Å². The van der Waals surface area contributed by atoms with Crippen LogP contribution in [-0.4, -0.2) is 27.7 Å². The standard InChI is InChI=1S/C20H19N3OS/c1-13(20(24)23-12-11-15-7-3-6-10-18(15)23)25-19-16-8-4-5-9-17(16)21-14(2)22-19/h3-10,13H,11-12H2,1-2H3/t13-/m1/s1. The summed E-state index contributed by atoms with van der Waals surface area (Å²) in [6, 6.07) is 16.1. The molecule has 25 heavy (non-hydrogen) atoms. The van der Waals surface area contributed by atoms with E-state index in [0.29, 0.717) is 0 Å². The molecule has 126 valence electrons. The molecule has 1 aliphatic heterocycles. The summed E-state index contributed by atoms with van der Waals surface area (Å²) in [6.07, 6.45) is 0.925. The zero-order valence-corrected chi connectivity index (χ0v) is 15.1. The fourth-order valence-corrected chi connectivity index (χ4v) is 4.30. The topological polar surface area (TPSA) is 46.1 Å². The smallest absolute Gasteiger partial charge is 0.240 e. The van der Waals surface area contributed by atoms with Gasteiger partial charge in [0.25, 0.3) is 0 Å². The summed E-state index contributed by atoms with van der Waals surface area (Å²) < 4.78 is 0. The third kappa shape index (κ3) is 3.00. The Kier molecular flexibility index (Phi) is 4.17. The molecule has 1 aliphatic rings. The maximum atomic E-state index is 13.0. The first-order chi connectivity index (χ1) is 12.1. The normalized spacial score (nSPS) is 14.6. The van der Waals surface area contributed by atoms with E-state index < -0.39 is 0 Å². The van der Waals surface area contributed by atoms with Crippen molar-refractivity contribution in [1.82, 2.24) is 9.97 Å². The summed E-state index contributed by atoms with van der Waals surface area (Å²) in [5.41, 5.74) is 3.21. The van der Waals surface area contributed by atoms with Crippen molar-refractivity contribution in [3.63, 3.8) is 0 Å². The number of benzene rings is 2. The first-order valence-electron chi connectivity index (χ1n) is 8.43. The maximum absolute atomic E-state index is 13.0. The fourth-order valence-electron chi connectivity index (χ4n) is 3.25. The Morgan fingerprint density at radius 3 is 2.76 bits per heavy atom. The van der Waals surface area contributed by atoms with Gasteiger partial charge < -0.3 is 4.90 Å². The van der Waals surface area contributed by atoms with Gasteiger partial charge in [-0.25, -0.2) is 9.97 Å². The summed E-state index contributed by atoms with van der Waals surface area (Å²) >= 11 is 1.51. The van der Waals surface area contributed by atoms with Gasteiger partial charge in [0.15, 0.2) is 0 Å². The Morgan fingerprint density at radius 1 is 1.12 bits per heavy atom. The largest absolute Gasteiger partial charge is 0.311 e. The third-order valence-electron chi connectivity index (χ3n) is 4.47. The fraction of sp³-hybridized carbons (Fsp3) is 0.250. The van der Waals surface area contributed by atoms with E-state index in [-0.39, 0.29) is 11.2 Å². The minimum absolute atomic E-state index is 0.135. The lowest BCUT2D eigenvalue weighted by atomic mass is 10.2. The molecule has 1 aromatic heterocycles. The van der Waals surface area contributed by atoms with Crippen LogP contribution in [0.2, 0.25) is 0 Å². The lowest BCUT2D eigenvalue weighted by Crippen LogP contribution is -2.35. The van der Waals surface area contributed by atoms with Crippen LogP contribution in [0.15, 0.2) is 53.6 Å². The molecule has 5 heteroatoms. The van der Waals surface area contributed by atoms with E-state index in [9.17, 15) is 4.79 Å². The number of nitrogens with zero attached hydrogens (tertiary/aromatic N) is 3. The van der Waals surface area contributed by atoms with Crippen LogP contribution in [0.3, 0.4) is 0 Å². The van der Waals surface area contributed by atoms with E-state index in [1.807, 2.05) is 61.2 Å². The molecule has 4 nitrogen and oxygen atoms in total. The van der Waals surface area contributed by atoms with E-state index in [1.54, 1.807) is 0 Å². The molecule has 0 aliphatic carbocycles. The first-order valence-corrected chi connectivity index (χ1v) is 9.31. The molecular weight excluding hydrogens is 330 g/mol. The van der Waals surface area contributed by atoms with Crippen LogP contribution in [0.4, 0.5) is 5.69 Å². The van der Waals surface area contributed by atoms with Crippen LogP contribution < -0.4 is 4.90 Å². The minimum Gasteiger partial charge on any atom is -0.311 e. The van der Waals surface area contributed by atoms with Crippen LogP contribution >= 0.6 is 11.8 Å². The Bertz CT molecular complexity index is 957.